The van der Waals surface area contributed by atoms with Crippen LogP contribution in [0.3, 0.4) is 0 Å². The van der Waals surface area contributed by atoms with Crippen LogP contribution in [0.5, 0.6) is 0 Å². The second kappa shape index (κ2) is 7.48. The summed E-state index contributed by atoms with van der Waals surface area (Å²) < 4.78 is 0. The molecule has 1 aliphatic carbocycles. The lowest BCUT2D eigenvalue weighted by Crippen LogP contribution is -2.43. The molecule has 0 spiro atoms. The molecule has 2 rings (SSSR count). The van der Waals surface area contributed by atoms with Crippen LogP contribution in [0.1, 0.15) is 56.6 Å². The van der Waals surface area contributed by atoms with Gasteiger partial charge < -0.3 is 10.6 Å². The predicted octanol–water partition coefficient (Wildman–Crippen LogP) is 3.94. The Balaban J connectivity index is 1.91. The minimum absolute atomic E-state index is 0.114. The fraction of sp³-hybridized carbons (Fsp3) is 0.611. The smallest absolute Gasteiger partial charge is 0.242 e. The molecule has 116 valence electrons. The number of hydrogen-bond acceptors (Lipinski definition) is 2. The summed E-state index contributed by atoms with van der Waals surface area (Å²) in [6.07, 6.45) is 7.35. The molecule has 0 heterocycles. The molecule has 0 aromatic heterocycles. The Labute approximate surface area is 128 Å². The first kappa shape index (κ1) is 15.9. The van der Waals surface area contributed by atoms with Crippen LogP contribution in [-0.2, 0) is 4.79 Å². The van der Waals surface area contributed by atoms with Gasteiger partial charge in [0.25, 0.3) is 0 Å². The number of carbonyl (C=O) groups is 1. The molecule has 1 atom stereocenters. The molecule has 1 saturated carbocycles. The van der Waals surface area contributed by atoms with E-state index < -0.39 is 0 Å². The van der Waals surface area contributed by atoms with Crippen molar-refractivity contribution in [2.75, 3.05) is 5.32 Å². The van der Waals surface area contributed by atoms with Crippen LogP contribution in [-0.4, -0.2) is 18.0 Å². The second-order valence-electron chi connectivity index (χ2n) is 6.31. The van der Waals surface area contributed by atoms with Crippen LogP contribution in [0, 0.1) is 13.8 Å². The molecule has 0 unspecified atom stereocenters. The monoisotopic (exact) mass is 288 g/mol. The van der Waals surface area contributed by atoms with Crippen molar-refractivity contribution in [2.24, 2.45) is 0 Å². The second-order valence-corrected chi connectivity index (χ2v) is 6.31. The Morgan fingerprint density at radius 1 is 1.14 bits per heavy atom. The number of nitrogens with one attached hydrogen (secondary N) is 2. The molecule has 3 nitrogen and oxygen atoms in total. The highest BCUT2D eigenvalue weighted by Crippen LogP contribution is 2.20. The van der Waals surface area contributed by atoms with Gasteiger partial charge in [0.15, 0.2) is 0 Å². The summed E-state index contributed by atoms with van der Waals surface area (Å²) in [5.41, 5.74) is 3.52. The summed E-state index contributed by atoms with van der Waals surface area (Å²) in [5.74, 6) is 0.114. The number of carbonyl (C=O) groups excluding carboxylic acids is 1. The zero-order valence-electron chi connectivity index (χ0n) is 13.5. The molecule has 21 heavy (non-hydrogen) atoms. The third kappa shape index (κ3) is 4.48. The third-order valence-corrected chi connectivity index (χ3v) is 4.57. The lowest BCUT2D eigenvalue weighted by Gasteiger charge is -2.22. The number of anilines is 1. The fourth-order valence-corrected chi connectivity index (χ4v) is 2.96. The number of benzene rings is 1. The van der Waals surface area contributed by atoms with Gasteiger partial charge in [0.1, 0.15) is 6.04 Å². The molecule has 1 aromatic rings. The minimum atomic E-state index is -0.200. The lowest BCUT2D eigenvalue weighted by molar-refractivity contribution is -0.122. The Morgan fingerprint density at radius 3 is 2.48 bits per heavy atom. The molecule has 0 bridgehead atoms. The molecule has 1 fully saturated rings. The summed E-state index contributed by atoms with van der Waals surface area (Å²) in [5, 5.41) is 6.56. The number of aryl methyl sites for hydroxylation is 1. The van der Waals surface area contributed by atoms with Gasteiger partial charge in [-0.3, -0.25) is 4.79 Å². The summed E-state index contributed by atoms with van der Waals surface area (Å²) in [6.45, 7) is 6.12. The molecule has 1 aromatic carbocycles. The van der Waals surface area contributed by atoms with Crippen molar-refractivity contribution in [3.05, 3.63) is 29.3 Å². The summed E-state index contributed by atoms with van der Waals surface area (Å²) in [6, 6.07) is 6.33. The zero-order valence-corrected chi connectivity index (χ0v) is 13.5. The van der Waals surface area contributed by atoms with Crippen molar-refractivity contribution in [1.82, 2.24) is 5.32 Å². The first-order valence-corrected chi connectivity index (χ1v) is 8.21. The van der Waals surface area contributed by atoms with E-state index in [1.54, 1.807) is 0 Å². The summed E-state index contributed by atoms with van der Waals surface area (Å²) >= 11 is 0. The first-order valence-electron chi connectivity index (χ1n) is 8.21. The average molecular weight is 288 g/mol. The Hall–Kier alpha value is -1.51. The quantitative estimate of drug-likeness (QED) is 0.824. The van der Waals surface area contributed by atoms with Crippen molar-refractivity contribution < 1.29 is 4.79 Å². The maximum Gasteiger partial charge on any atom is 0.242 e. The average Bonchev–Trinajstić information content (AvgIpc) is 2.72. The molecule has 0 saturated heterocycles. The number of amides is 1. The van der Waals surface area contributed by atoms with E-state index in [4.69, 9.17) is 0 Å². The van der Waals surface area contributed by atoms with E-state index >= 15 is 0 Å². The van der Waals surface area contributed by atoms with Gasteiger partial charge in [0, 0.05) is 11.7 Å². The van der Waals surface area contributed by atoms with Crippen molar-refractivity contribution in [3.8, 4) is 0 Å². The van der Waals surface area contributed by atoms with Gasteiger partial charge >= 0.3 is 0 Å². The van der Waals surface area contributed by atoms with Gasteiger partial charge in [-0.1, -0.05) is 37.8 Å². The van der Waals surface area contributed by atoms with Gasteiger partial charge in [-0.25, -0.2) is 0 Å². The van der Waals surface area contributed by atoms with E-state index in [2.05, 4.69) is 30.5 Å². The SMILES string of the molecule is Cc1cccc(N[C@@H](C)C(=O)NC2CCCCCC2)c1C. The van der Waals surface area contributed by atoms with Crippen LogP contribution in [0.15, 0.2) is 18.2 Å². The largest absolute Gasteiger partial charge is 0.374 e. The Bertz CT molecular complexity index is 476. The Kier molecular flexibility index (Phi) is 5.66. The highest BCUT2D eigenvalue weighted by Gasteiger charge is 2.19. The number of hydrogen-bond donors (Lipinski definition) is 2. The first-order chi connectivity index (χ1) is 10.1. The number of rotatable bonds is 4. The van der Waals surface area contributed by atoms with Gasteiger partial charge in [0.2, 0.25) is 5.91 Å². The van der Waals surface area contributed by atoms with E-state index in [9.17, 15) is 4.79 Å². The molecular formula is C18H28N2O. The van der Waals surface area contributed by atoms with Crippen LogP contribution in [0.4, 0.5) is 5.69 Å². The fourth-order valence-electron chi connectivity index (χ4n) is 2.96. The molecule has 1 aliphatic rings. The Morgan fingerprint density at radius 2 is 1.81 bits per heavy atom. The topological polar surface area (TPSA) is 41.1 Å². The molecule has 3 heteroatoms. The molecule has 0 radical (unpaired) electrons. The molecule has 1 amide bonds. The summed E-state index contributed by atoms with van der Waals surface area (Å²) in [4.78, 5) is 12.4. The van der Waals surface area contributed by atoms with E-state index in [-0.39, 0.29) is 11.9 Å². The molecular weight excluding hydrogens is 260 g/mol. The summed E-state index contributed by atoms with van der Waals surface area (Å²) in [7, 11) is 0. The molecule has 0 aliphatic heterocycles. The van der Waals surface area contributed by atoms with E-state index in [0.29, 0.717) is 6.04 Å². The highest BCUT2D eigenvalue weighted by atomic mass is 16.2. The zero-order chi connectivity index (χ0) is 15.2. The molecule has 2 N–H and O–H groups in total. The third-order valence-electron chi connectivity index (χ3n) is 4.57. The lowest BCUT2D eigenvalue weighted by atomic mass is 10.1. The van der Waals surface area contributed by atoms with Crippen LogP contribution >= 0.6 is 0 Å². The minimum Gasteiger partial charge on any atom is -0.374 e. The van der Waals surface area contributed by atoms with Crippen molar-refractivity contribution in [1.29, 1.82) is 0 Å². The normalized spacial score (nSPS) is 17.9. The van der Waals surface area contributed by atoms with Crippen molar-refractivity contribution in [2.45, 2.75) is 71.4 Å². The maximum absolute atomic E-state index is 12.4. The van der Waals surface area contributed by atoms with Gasteiger partial charge in [0.05, 0.1) is 0 Å². The van der Waals surface area contributed by atoms with E-state index in [1.807, 2.05) is 19.1 Å². The van der Waals surface area contributed by atoms with Crippen LogP contribution < -0.4 is 10.6 Å². The van der Waals surface area contributed by atoms with Gasteiger partial charge in [-0.15, -0.1) is 0 Å². The van der Waals surface area contributed by atoms with Gasteiger partial charge in [-0.05, 0) is 50.8 Å². The van der Waals surface area contributed by atoms with E-state index in [1.165, 1.54) is 36.8 Å². The van der Waals surface area contributed by atoms with Crippen LogP contribution in [0.25, 0.3) is 0 Å². The van der Waals surface area contributed by atoms with E-state index in [0.717, 1.165) is 18.5 Å². The maximum atomic E-state index is 12.4. The predicted molar refractivity (Wildman–Crippen MR) is 88.6 cm³/mol. The van der Waals surface area contributed by atoms with Gasteiger partial charge in [-0.2, -0.15) is 0 Å². The van der Waals surface area contributed by atoms with Crippen molar-refractivity contribution >= 4 is 11.6 Å². The van der Waals surface area contributed by atoms with Crippen LogP contribution in [0.2, 0.25) is 0 Å². The highest BCUT2D eigenvalue weighted by molar-refractivity contribution is 5.84. The van der Waals surface area contributed by atoms with Crippen molar-refractivity contribution in [3.63, 3.8) is 0 Å². The standard InChI is InChI=1S/C18H28N2O/c1-13-9-8-12-17(14(13)2)19-15(3)18(21)20-16-10-6-4-5-7-11-16/h8-9,12,15-16,19H,4-7,10-11H2,1-3H3,(H,20,21)/t15-/m0/s1.